The zero-order valence-electron chi connectivity index (χ0n) is 14.4. The van der Waals surface area contributed by atoms with Crippen molar-refractivity contribution in [1.29, 1.82) is 0 Å². The van der Waals surface area contributed by atoms with Crippen molar-refractivity contribution in [3.63, 3.8) is 0 Å². The number of β-amino-alcohol motifs (C(OH)–C–C–N with tert-alkyl or cyclic N) is 1. The van der Waals surface area contributed by atoms with Gasteiger partial charge in [0.25, 0.3) is 0 Å². The van der Waals surface area contributed by atoms with Gasteiger partial charge in [-0.2, -0.15) is 0 Å². The summed E-state index contributed by atoms with van der Waals surface area (Å²) >= 11 is 0. The van der Waals surface area contributed by atoms with E-state index in [1.165, 1.54) is 10.8 Å². The van der Waals surface area contributed by atoms with Crippen molar-refractivity contribution in [2.45, 2.75) is 32.4 Å². The van der Waals surface area contributed by atoms with Crippen LogP contribution in [-0.4, -0.2) is 41.7 Å². The van der Waals surface area contributed by atoms with Crippen LogP contribution in [0.3, 0.4) is 0 Å². The Morgan fingerprint density at radius 3 is 2.83 bits per heavy atom. The van der Waals surface area contributed by atoms with Crippen molar-refractivity contribution >= 4 is 16.7 Å². The Hall–Kier alpha value is -1.91. The Morgan fingerprint density at radius 1 is 1.29 bits per heavy atom. The molecule has 4 nitrogen and oxygen atoms in total. The van der Waals surface area contributed by atoms with Crippen LogP contribution in [0.25, 0.3) is 10.8 Å². The smallest absolute Gasteiger partial charge is 0.234 e. The van der Waals surface area contributed by atoms with E-state index in [9.17, 15) is 9.90 Å². The van der Waals surface area contributed by atoms with E-state index >= 15 is 0 Å². The minimum atomic E-state index is -0.331. The summed E-state index contributed by atoms with van der Waals surface area (Å²) in [7, 11) is 0. The van der Waals surface area contributed by atoms with Crippen molar-refractivity contribution in [2.24, 2.45) is 5.92 Å². The van der Waals surface area contributed by atoms with Gasteiger partial charge in [0.2, 0.25) is 5.91 Å². The van der Waals surface area contributed by atoms with E-state index in [-0.39, 0.29) is 18.1 Å². The molecule has 0 aliphatic carbocycles. The van der Waals surface area contributed by atoms with Gasteiger partial charge in [0.1, 0.15) is 0 Å². The van der Waals surface area contributed by atoms with Crippen molar-refractivity contribution in [3.05, 3.63) is 48.0 Å². The van der Waals surface area contributed by atoms with E-state index in [1.54, 1.807) is 0 Å². The van der Waals surface area contributed by atoms with Crippen molar-refractivity contribution in [2.75, 3.05) is 19.6 Å². The Labute approximate surface area is 143 Å². The number of likely N-dealkylation sites (tertiary alicyclic amines) is 1. The van der Waals surface area contributed by atoms with Gasteiger partial charge in [0.05, 0.1) is 18.7 Å². The molecule has 2 aromatic rings. The number of rotatable bonds is 4. The van der Waals surface area contributed by atoms with Crippen LogP contribution in [-0.2, 0) is 4.79 Å². The molecule has 3 rings (SSSR count). The average Bonchev–Trinajstić information content (AvgIpc) is 2.57. The maximum absolute atomic E-state index is 12.4. The molecular formula is C20H26N2O2. The fourth-order valence-corrected chi connectivity index (χ4v) is 3.45. The number of piperidine rings is 1. The third-order valence-corrected chi connectivity index (χ3v) is 5.04. The molecule has 2 N–H and O–H groups in total. The first kappa shape index (κ1) is 16.9. The maximum atomic E-state index is 12.4. The highest BCUT2D eigenvalue weighted by Gasteiger charge is 2.25. The predicted molar refractivity (Wildman–Crippen MR) is 96.7 cm³/mol. The lowest BCUT2D eigenvalue weighted by Crippen LogP contribution is -2.47. The van der Waals surface area contributed by atoms with Gasteiger partial charge in [-0.3, -0.25) is 9.69 Å². The molecule has 3 atom stereocenters. The summed E-state index contributed by atoms with van der Waals surface area (Å²) in [5.74, 6) is 0.330. The molecule has 128 valence electrons. The summed E-state index contributed by atoms with van der Waals surface area (Å²) in [6.45, 7) is 5.88. The van der Waals surface area contributed by atoms with Crippen LogP contribution in [0.5, 0.6) is 0 Å². The number of fused-ring (bicyclic) bond motifs is 1. The largest absolute Gasteiger partial charge is 0.392 e. The number of aliphatic hydroxyl groups excluding tert-OH is 1. The molecule has 0 bridgehead atoms. The number of hydrogen-bond donors (Lipinski definition) is 2. The number of nitrogens with zero attached hydrogens (tertiary/aromatic N) is 1. The van der Waals surface area contributed by atoms with Crippen LogP contribution in [0.2, 0.25) is 0 Å². The predicted octanol–water partition coefficient (Wildman–Crippen LogP) is 2.72. The zero-order chi connectivity index (χ0) is 17.1. The molecule has 1 amide bonds. The van der Waals surface area contributed by atoms with E-state index in [0.29, 0.717) is 19.0 Å². The number of hydrogen-bond acceptors (Lipinski definition) is 3. The van der Waals surface area contributed by atoms with Gasteiger partial charge in [-0.1, -0.05) is 49.4 Å². The molecule has 1 aliphatic rings. The molecule has 3 unspecified atom stereocenters. The minimum absolute atomic E-state index is 0.0113. The van der Waals surface area contributed by atoms with E-state index in [1.807, 2.05) is 30.0 Å². The topological polar surface area (TPSA) is 52.6 Å². The second-order valence-electron chi connectivity index (χ2n) is 6.93. The summed E-state index contributed by atoms with van der Waals surface area (Å²) in [6, 6.07) is 14.4. The highest BCUT2D eigenvalue weighted by Crippen LogP contribution is 2.24. The third kappa shape index (κ3) is 3.77. The Morgan fingerprint density at radius 2 is 2.04 bits per heavy atom. The molecule has 1 aliphatic heterocycles. The van der Waals surface area contributed by atoms with Crippen molar-refractivity contribution in [1.82, 2.24) is 10.2 Å². The number of amides is 1. The Bertz CT molecular complexity index is 710. The Balaban J connectivity index is 1.64. The van der Waals surface area contributed by atoms with E-state index < -0.39 is 0 Å². The monoisotopic (exact) mass is 326 g/mol. The molecule has 24 heavy (non-hydrogen) atoms. The van der Waals surface area contributed by atoms with E-state index in [4.69, 9.17) is 0 Å². The van der Waals surface area contributed by atoms with Crippen LogP contribution in [0.1, 0.15) is 31.9 Å². The van der Waals surface area contributed by atoms with Crippen LogP contribution in [0, 0.1) is 5.92 Å². The molecule has 0 saturated carbocycles. The van der Waals surface area contributed by atoms with Crippen LogP contribution >= 0.6 is 0 Å². The summed E-state index contributed by atoms with van der Waals surface area (Å²) in [5.41, 5.74) is 1.13. The second kappa shape index (κ2) is 7.32. The van der Waals surface area contributed by atoms with Gasteiger partial charge in [-0.05, 0) is 42.1 Å². The highest BCUT2D eigenvalue weighted by atomic mass is 16.3. The lowest BCUT2D eigenvalue weighted by Gasteiger charge is -2.34. The Kier molecular flexibility index (Phi) is 5.17. The highest BCUT2D eigenvalue weighted by molar-refractivity contribution is 5.87. The van der Waals surface area contributed by atoms with Crippen LogP contribution < -0.4 is 5.32 Å². The minimum Gasteiger partial charge on any atom is -0.392 e. The molecular weight excluding hydrogens is 300 g/mol. The van der Waals surface area contributed by atoms with Gasteiger partial charge in [-0.25, -0.2) is 0 Å². The number of aliphatic hydroxyl groups is 1. The number of carbonyl (C=O) groups excluding carboxylic acids is 1. The summed E-state index contributed by atoms with van der Waals surface area (Å²) in [5, 5.41) is 15.4. The van der Waals surface area contributed by atoms with Crippen LogP contribution in [0.4, 0.5) is 0 Å². The first-order valence-electron chi connectivity index (χ1n) is 8.72. The maximum Gasteiger partial charge on any atom is 0.234 e. The summed E-state index contributed by atoms with van der Waals surface area (Å²) < 4.78 is 0. The molecule has 2 aromatic carbocycles. The van der Waals surface area contributed by atoms with Crippen LogP contribution in [0.15, 0.2) is 42.5 Å². The number of nitrogens with one attached hydrogen (secondary N) is 1. The van der Waals surface area contributed by atoms with E-state index in [2.05, 4.69) is 36.5 Å². The standard InChI is InChI=1S/C20H26N2O2/c1-14-10-11-22(12-19(14)23)13-20(24)21-15(2)17-9-5-7-16-6-3-4-8-18(16)17/h3-9,14-15,19,23H,10-13H2,1-2H3,(H,21,24). The summed E-state index contributed by atoms with van der Waals surface area (Å²) in [6.07, 6.45) is 0.606. The SMILES string of the molecule is CC(NC(=O)CN1CCC(C)C(O)C1)c1cccc2ccccc12. The van der Waals surface area contributed by atoms with Crippen molar-refractivity contribution < 1.29 is 9.90 Å². The normalized spacial score (nSPS) is 23.1. The van der Waals surface area contributed by atoms with Crippen molar-refractivity contribution in [3.8, 4) is 0 Å². The first-order valence-corrected chi connectivity index (χ1v) is 8.72. The molecule has 1 fully saturated rings. The second-order valence-corrected chi connectivity index (χ2v) is 6.93. The third-order valence-electron chi connectivity index (χ3n) is 5.04. The molecule has 0 radical (unpaired) electrons. The fourth-order valence-electron chi connectivity index (χ4n) is 3.45. The average molecular weight is 326 g/mol. The molecule has 0 spiro atoms. The van der Waals surface area contributed by atoms with Gasteiger partial charge in [0.15, 0.2) is 0 Å². The van der Waals surface area contributed by atoms with Gasteiger partial charge in [0, 0.05) is 6.54 Å². The molecule has 0 aromatic heterocycles. The lowest BCUT2D eigenvalue weighted by molar-refractivity contribution is -0.123. The first-order chi connectivity index (χ1) is 11.5. The fraction of sp³-hybridized carbons (Fsp3) is 0.450. The zero-order valence-corrected chi connectivity index (χ0v) is 14.4. The van der Waals surface area contributed by atoms with Gasteiger partial charge in [-0.15, -0.1) is 0 Å². The quantitative estimate of drug-likeness (QED) is 0.908. The molecule has 4 heteroatoms. The summed E-state index contributed by atoms with van der Waals surface area (Å²) in [4.78, 5) is 14.4. The van der Waals surface area contributed by atoms with Gasteiger partial charge >= 0.3 is 0 Å². The molecule has 1 heterocycles. The van der Waals surface area contributed by atoms with E-state index in [0.717, 1.165) is 18.5 Å². The number of benzene rings is 2. The lowest BCUT2D eigenvalue weighted by atomic mass is 9.96. The number of carbonyl (C=O) groups is 1. The van der Waals surface area contributed by atoms with Gasteiger partial charge < -0.3 is 10.4 Å². The molecule has 1 saturated heterocycles.